The minimum absolute atomic E-state index is 0.0936. The predicted octanol–water partition coefficient (Wildman–Crippen LogP) is -0.367. The standard InChI is InChI=1S/C25H34O10/c1-33-25(32)17-10-14(4-2-6-16-11-18(27)19(28)13-34-16)8-9-15(17)5-3-7-20-22(29)24(31)23(30)21(12-26)35-20/h2-5,8-10,16,18-24,26-31H,6-7,11-13H2,1H3/b4-2+,5-3+/t16-,18-,19-,20-,21-,22-,23-,24-/m1/s1. The van der Waals surface area contributed by atoms with Gasteiger partial charge in [-0.05, 0) is 30.0 Å². The summed E-state index contributed by atoms with van der Waals surface area (Å²) < 4.78 is 15.9. The Hall–Kier alpha value is -2.15. The zero-order chi connectivity index (χ0) is 25.5. The van der Waals surface area contributed by atoms with Crippen molar-refractivity contribution in [2.45, 2.75) is 68.1 Å². The summed E-state index contributed by atoms with van der Waals surface area (Å²) in [5.74, 6) is -0.527. The van der Waals surface area contributed by atoms with Crippen molar-refractivity contribution < 1.29 is 49.6 Å². The summed E-state index contributed by atoms with van der Waals surface area (Å²) in [5.41, 5.74) is 1.66. The van der Waals surface area contributed by atoms with Crippen LogP contribution in [0, 0.1) is 0 Å². The molecule has 0 bridgehead atoms. The zero-order valence-electron chi connectivity index (χ0n) is 19.5. The fraction of sp³-hybridized carbons (Fsp3) is 0.560. The Kier molecular flexibility index (Phi) is 9.96. The molecule has 10 heteroatoms. The summed E-state index contributed by atoms with van der Waals surface area (Å²) in [6.45, 7) is -0.404. The van der Waals surface area contributed by atoms with E-state index in [9.17, 15) is 35.4 Å². The van der Waals surface area contributed by atoms with Crippen molar-refractivity contribution in [2.24, 2.45) is 0 Å². The normalized spacial score (nSPS) is 33.9. The van der Waals surface area contributed by atoms with Crippen LogP contribution >= 0.6 is 0 Å². The molecule has 3 rings (SSSR count). The van der Waals surface area contributed by atoms with Gasteiger partial charge in [-0.15, -0.1) is 0 Å². The molecule has 0 aliphatic carbocycles. The van der Waals surface area contributed by atoms with Gasteiger partial charge in [0.15, 0.2) is 0 Å². The van der Waals surface area contributed by atoms with E-state index in [1.165, 1.54) is 7.11 Å². The number of aliphatic hydroxyl groups excluding tert-OH is 6. The quantitative estimate of drug-likeness (QED) is 0.263. The first kappa shape index (κ1) is 27.4. The van der Waals surface area contributed by atoms with Crippen LogP contribution in [0.5, 0.6) is 0 Å². The number of carbonyl (C=O) groups is 1. The summed E-state index contributed by atoms with van der Waals surface area (Å²) >= 11 is 0. The number of hydrogen-bond donors (Lipinski definition) is 6. The lowest BCUT2D eigenvalue weighted by molar-refractivity contribution is -0.227. The molecule has 0 amide bonds. The smallest absolute Gasteiger partial charge is 0.338 e. The van der Waals surface area contributed by atoms with Crippen molar-refractivity contribution in [3.05, 3.63) is 47.0 Å². The molecule has 2 aliphatic rings. The van der Waals surface area contributed by atoms with E-state index in [1.54, 1.807) is 24.3 Å². The van der Waals surface area contributed by atoms with Crippen molar-refractivity contribution in [1.29, 1.82) is 0 Å². The lowest BCUT2D eigenvalue weighted by Gasteiger charge is -2.39. The number of rotatable bonds is 8. The molecular formula is C25H34O10. The second-order valence-corrected chi connectivity index (χ2v) is 8.81. The Morgan fingerprint density at radius 3 is 2.40 bits per heavy atom. The lowest BCUT2D eigenvalue weighted by Crippen LogP contribution is -2.58. The van der Waals surface area contributed by atoms with Gasteiger partial charge in [-0.2, -0.15) is 0 Å². The molecule has 2 aliphatic heterocycles. The first-order chi connectivity index (χ1) is 16.7. The molecule has 2 saturated heterocycles. The van der Waals surface area contributed by atoms with E-state index in [4.69, 9.17) is 14.2 Å². The third-order valence-corrected chi connectivity index (χ3v) is 6.30. The van der Waals surface area contributed by atoms with Gasteiger partial charge in [-0.1, -0.05) is 36.4 Å². The second kappa shape index (κ2) is 12.7. The molecule has 0 radical (unpaired) electrons. The zero-order valence-corrected chi connectivity index (χ0v) is 19.5. The van der Waals surface area contributed by atoms with Crippen molar-refractivity contribution in [3.8, 4) is 0 Å². The van der Waals surface area contributed by atoms with Gasteiger partial charge in [0.05, 0.1) is 44.2 Å². The van der Waals surface area contributed by atoms with Crippen LogP contribution in [0.15, 0.2) is 30.4 Å². The highest BCUT2D eigenvalue weighted by atomic mass is 16.5. The topological polar surface area (TPSA) is 166 Å². The summed E-state index contributed by atoms with van der Waals surface area (Å²) in [6, 6.07) is 5.24. The van der Waals surface area contributed by atoms with E-state index in [0.717, 1.165) is 5.56 Å². The monoisotopic (exact) mass is 494 g/mol. The Bertz CT molecular complexity index is 898. The summed E-state index contributed by atoms with van der Waals surface area (Å²) in [5, 5.41) is 58.6. The van der Waals surface area contributed by atoms with Gasteiger partial charge in [0.1, 0.15) is 30.5 Å². The van der Waals surface area contributed by atoms with E-state index in [2.05, 4.69) is 0 Å². The first-order valence-corrected chi connectivity index (χ1v) is 11.6. The van der Waals surface area contributed by atoms with Gasteiger partial charge in [0, 0.05) is 6.42 Å². The molecule has 0 aromatic heterocycles. The van der Waals surface area contributed by atoms with E-state index < -0.39 is 55.3 Å². The predicted molar refractivity (Wildman–Crippen MR) is 125 cm³/mol. The third-order valence-electron chi connectivity index (χ3n) is 6.30. The number of carbonyl (C=O) groups excluding carboxylic acids is 1. The molecule has 0 saturated carbocycles. The SMILES string of the molecule is COC(=O)c1cc(/C=C/C[C@@H]2C[C@@H](O)[C@H](O)CO2)ccc1/C=C/C[C@H]1O[C@H](CO)[C@@H](O)[C@H](O)[C@@H]1O. The maximum absolute atomic E-state index is 12.3. The molecule has 35 heavy (non-hydrogen) atoms. The number of ether oxygens (including phenoxy) is 3. The average Bonchev–Trinajstić information content (AvgIpc) is 2.86. The fourth-order valence-electron chi connectivity index (χ4n) is 4.17. The molecule has 2 heterocycles. The number of esters is 1. The Morgan fingerprint density at radius 1 is 1.00 bits per heavy atom. The molecule has 0 spiro atoms. The highest BCUT2D eigenvalue weighted by molar-refractivity contribution is 5.94. The first-order valence-electron chi connectivity index (χ1n) is 11.6. The van der Waals surface area contributed by atoms with E-state index in [1.807, 2.05) is 18.2 Å². The van der Waals surface area contributed by atoms with Crippen molar-refractivity contribution >= 4 is 18.1 Å². The van der Waals surface area contributed by atoms with Gasteiger partial charge < -0.3 is 44.8 Å². The van der Waals surface area contributed by atoms with E-state index in [0.29, 0.717) is 24.0 Å². The summed E-state index contributed by atoms with van der Waals surface area (Å²) in [7, 11) is 1.28. The summed E-state index contributed by atoms with van der Waals surface area (Å²) in [4.78, 5) is 12.3. The number of methoxy groups -OCH3 is 1. The molecule has 10 nitrogen and oxygen atoms in total. The van der Waals surface area contributed by atoms with Crippen LogP contribution in [0.4, 0.5) is 0 Å². The lowest BCUT2D eigenvalue weighted by atomic mass is 9.93. The van der Waals surface area contributed by atoms with E-state index >= 15 is 0 Å². The van der Waals surface area contributed by atoms with Crippen LogP contribution in [0.25, 0.3) is 12.2 Å². The number of hydrogen-bond acceptors (Lipinski definition) is 10. The van der Waals surface area contributed by atoms with E-state index in [-0.39, 0.29) is 19.1 Å². The largest absolute Gasteiger partial charge is 0.465 e. The molecule has 2 fully saturated rings. The fourth-order valence-corrected chi connectivity index (χ4v) is 4.17. The van der Waals surface area contributed by atoms with Gasteiger partial charge in [-0.3, -0.25) is 0 Å². The molecule has 194 valence electrons. The molecule has 1 aromatic rings. The number of benzene rings is 1. The van der Waals surface area contributed by atoms with Crippen LogP contribution in [0.2, 0.25) is 0 Å². The molecule has 6 N–H and O–H groups in total. The average molecular weight is 495 g/mol. The highest BCUT2D eigenvalue weighted by Crippen LogP contribution is 2.25. The maximum atomic E-state index is 12.3. The molecule has 1 aromatic carbocycles. The summed E-state index contributed by atoms with van der Waals surface area (Å²) in [6.07, 6.45) is 0.233. The molecule has 0 unspecified atom stereocenters. The molecular weight excluding hydrogens is 460 g/mol. The van der Waals surface area contributed by atoms with Gasteiger partial charge in [-0.25, -0.2) is 4.79 Å². The second-order valence-electron chi connectivity index (χ2n) is 8.81. The van der Waals surface area contributed by atoms with Crippen molar-refractivity contribution in [3.63, 3.8) is 0 Å². The van der Waals surface area contributed by atoms with Crippen LogP contribution in [-0.4, -0.2) is 106 Å². The Labute approximate surface area is 203 Å². The van der Waals surface area contributed by atoms with Crippen LogP contribution < -0.4 is 0 Å². The minimum atomic E-state index is -1.44. The number of aliphatic hydroxyl groups is 6. The van der Waals surface area contributed by atoms with Crippen molar-refractivity contribution in [1.82, 2.24) is 0 Å². The third kappa shape index (κ3) is 6.96. The van der Waals surface area contributed by atoms with Gasteiger partial charge >= 0.3 is 5.97 Å². The van der Waals surface area contributed by atoms with Crippen molar-refractivity contribution in [2.75, 3.05) is 20.3 Å². The van der Waals surface area contributed by atoms with Crippen LogP contribution in [0.1, 0.15) is 40.7 Å². The Morgan fingerprint density at radius 2 is 1.71 bits per heavy atom. The van der Waals surface area contributed by atoms with Gasteiger partial charge in [0.2, 0.25) is 0 Å². The van der Waals surface area contributed by atoms with Gasteiger partial charge in [0.25, 0.3) is 0 Å². The van der Waals surface area contributed by atoms with Crippen LogP contribution in [-0.2, 0) is 14.2 Å². The highest BCUT2D eigenvalue weighted by Gasteiger charge is 2.42. The Balaban J connectivity index is 1.66. The molecule has 8 atom stereocenters. The maximum Gasteiger partial charge on any atom is 0.338 e. The minimum Gasteiger partial charge on any atom is -0.465 e. The van der Waals surface area contributed by atoms with Crippen LogP contribution in [0.3, 0.4) is 0 Å².